The Balaban J connectivity index is 1.22. The molecule has 53 heavy (non-hydrogen) atoms. The summed E-state index contributed by atoms with van der Waals surface area (Å²) in [6, 6.07) is 68.9. The number of thiophene rings is 2. The number of para-hydroxylation sites is 1. The van der Waals surface area contributed by atoms with Crippen molar-refractivity contribution in [3.8, 4) is 22.3 Å². The number of benzene rings is 9. The average molecular weight is 710 g/mol. The standard InChI is InChI=1S/C50H31NS2/c1-3-15-33(16-4-1)36-24-13-29-45-47(36)40-26-12-25-39(49(40)52-45)41-31-42-48-44(28-14-30-46(48)53-50(42)38-23-10-9-22-37(38)41)51(34-19-5-2-6-20-34)43-27-11-18-32-17-7-8-21-35(32)43/h1-31H. The van der Waals surface area contributed by atoms with Crippen LogP contribution in [0.25, 0.3) is 84.1 Å². The largest absolute Gasteiger partial charge is 0.309 e. The van der Waals surface area contributed by atoms with E-state index < -0.39 is 0 Å². The first kappa shape index (κ1) is 30.4. The number of rotatable bonds is 5. The van der Waals surface area contributed by atoms with Gasteiger partial charge in [0.1, 0.15) is 0 Å². The maximum atomic E-state index is 2.49. The molecule has 11 rings (SSSR count). The van der Waals surface area contributed by atoms with E-state index in [1.54, 1.807) is 0 Å². The van der Waals surface area contributed by atoms with Gasteiger partial charge in [0.25, 0.3) is 0 Å². The van der Waals surface area contributed by atoms with Crippen LogP contribution in [0, 0.1) is 0 Å². The van der Waals surface area contributed by atoms with Crippen LogP contribution in [0.2, 0.25) is 0 Å². The van der Waals surface area contributed by atoms with Gasteiger partial charge in [0.05, 0.1) is 11.4 Å². The molecule has 0 radical (unpaired) electrons. The van der Waals surface area contributed by atoms with Crippen LogP contribution in [0.1, 0.15) is 0 Å². The molecule has 9 aromatic carbocycles. The van der Waals surface area contributed by atoms with Gasteiger partial charge < -0.3 is 4.90 Å². The third-order valence-electron chi connectivity index (χ3n) is 10.6. The summed E-state index contributed by atoms with van der Waals surface area (Å²) in [6.07, 6.45) is 0. The van der Waals surface area contributed by atoms with E-state index in [2.05, 4.69) is 193 Å². The van der Waals surface area contributed by atoms with Crippen molar-refractivity contribution >= 4 is 102 Å². The lowest BCUT2D eigenvalue weighted by molar-refractivity contribution is 1.32. The van der Waals surface area contributed by atoms with Gasteiger partial charge in [-0.2, -0.15) is 0 Å². The van der Waals surface area contributed by atoms with Crippen molar-refractivity contribution in [2.45, 2.75) is 0 Å². The summed E-state index contributed by atoms with van der Waals surface area (Å²) in [5.41, 5.74) is 8.60. The first-order chi connectivity index (χ1) is 26.3. The Hall–Kier alpha value is -6.26. The van der Waals surface area contributed by atoms with E-state index in [9.17, 15) is 0 Å². The molecule has 2 heterocycles. The monoisotopic (exact) mass is 709 g/mol. The lowest BCUT2D eigenvalue weighted by Crippen LogP contribution is -2.10. The fourth-order valence-electron chi connectivity index (χ4n) is 8.35. The zero-order valence-corrected chi connectivity index (χ0v) is 30.3. The molecule has 0 aliphatic carbocycles. The van der Waals surface area contributed by atoms with Crippen molar-refractivity contribution in [1.82, 2.24) is 0 Å². The first-order valence-corrected chi connectivity index (χ1v) is 19.6. The Labute approximate surface area is 315 Å². The van der Waals surface area contributed by atoms with Crippen LogP contribution in [0.4, 0.5) is 17.1 Å². The highest BCUT2D eigenvalue weighted by Gasteiger charge is 2.23. The number of hydrogen-bond acceptors (Lipinski definition) is 3. The number of nitrogens with zero attached hydrogens (tertiary/aromatic N) is 1. The van der Waals surface area contributed by atoms with Crippen LogP contribution < -0.4 is 4.90 Å². The van der Waals surface area contributed by atoms with Gasteiger partial charge in [-0.15, -0.1) is 22.7 Å². The molecule has 0 unspecified atom stereocenters. The number of hydrogen-bond donors (Lipinski definition) is 0. The zero-order valence-electron chi connectivity index (χ0n) is 28.7. The van der Waals surface area contributed by atoms with E-state index in [0.29, 0.717) is 0 Å². The van der Waals surface area contributed by atoms with Gasteiger partial charge in [-0.05, 0) is 69.9 Å². The lowest BCUT2D eigenvalue weighted by atomic mass is 9.93. The number of anilines is 3. The maximum Gasteiger partial charge on any atom is 0.0555 e. The minimum atomic E-state index is 1.14. The van der Waals surface area contributed by atoms with E-state index in [4.69, 9.17) is 0 Å². The van der Waals surface area contributed by atoms with Crippen molar-refractivity contribution in [2.24, 2.45) is 0 Å². The Morgan fingerprint density at radius 1 is 0.340 bits per heavy atom. The molecule has 248 valence electrons. The Morgan fingerprint density at radius 3 is 1.77 bits per heavy atom. The van der Waals surface area contributed by atoms with E-state index in [1.165, 1.54) is 95.5 Å². The van der Waals surface area contributed by atoms with Gasteiger partial charge in [-0.1, -0.05) is 146 Å². The van der Waals surface area contributed by atoms with Crippen molar-refractivity contribution in [2.75, 3.05) is 4.90 Å². The van der Waals surface area contributed by atoms with Gasteiger partial charge in [0, 0.05) is 62.4 Å². The van der Waals surface area contributed by atoms with E-state index in [-0.39, 0.29) is 0 Å². The Morgan fingerprint density at radius 2 is 0.925 bits per heavy atom. The summed E-state index contributed by atoms with van der Waals surface area (Å²) in [5.74, 6) is 0. The predicted molar refractivity (Wildman–Crippen MR) is 233 cm³/mol. The fraction of sp³-hybridized carbons (Fsp3) is 0. The molecule has 0 fully saturated rings. The number of fused-ring (bicyclic) bond motifs is 9. The molecule has 1 nitrogen and oxygen atoms in total. The molecular weight excluding hydrogens is 679 g/mol. The molecule has 0 amide bonds. The van der Waals surface area contributed by atoms with Crippen LogP contribution in [0.15, 0.2) is 188 Å². The first-order valence-electron chi connectivity index (χ1n) is 18.0. The summed E-state index contributed by atoms with van der Waals surface area (Å²) in [7, 11) is 0. The molecule has 0 spiro atoms. The second-order valence-corrected chi connectivity index (χ2v) is 15.7. The average Bonchev–Trinajstić information content (AvgIpc) is 3.81. The Bertz CT molecular complexity index is 3170. The van der Waals surface area contributed by atoms with Crippen molar-refractivity contribution in [1.29, 1.82) is 0 Å². The molecule has 2 aromatic heterocycles. The normalized spacial score (nSPS) is 11.8. The molecule has 0 N–H and O–H groups in total. The quantitative estimate of drug-likeness (QED) is 0.172. The minimum absolute atomic E-state index is 1.14. The zero-order chi connectivity index (χ0) is 34.9. The summed E-state index contributed by atoms with van der Waals surface area (Å²) >= 11 is 3.81. The van der Waals surface area contributed by atoms with E-state index in [1.807, 2.05) is 22.7 Å². The molecule has 0 aliphatic rings. The SMILES string of the molecule is c1ccc(-c2cccc3sc4c(-c5cc6c(sc7cccc(N(c8ccccc8)c8cccc9ccccc89)c76)c6ccccc56)cccc4c23)cc1. The molecular formula is C50H31NS2. The van der Waals surface area contributed by atoms with Gasteiger partial charge in [0.2, 0.25) is 0 Å². The highest BCUT2D eigenvalue weighted by Crippen LogP contribution is 2.51. The van der Waals surface area contributed by atoms with Gasteiger partial charge in [-0.25, -0.2) is 0 Å². The third-order valence-corrected chi connectivity index (χ3v) is 13.0. The van der Waals surface area contributed by atoms with Crippen molar-refractivity contribution in [3.63, 3.8) is 0 Å². The summed E-state index contributed by atoms with van der Waals surface area (Å²) in [5, 5.41) is 10.3. The van der Waals surface area contributed by atoms with Gasteiger partial charge in [-0.3, -0.25) is 0 Å². The van der Waals surface area contributed by atoms with E-state index >= 15 is 0 Å². The van der Waals surface area contributed by atoms with Crippen molar-refractivity contribution in [3.05, 3.63) is 188 Å². The lowest BCUT2D eigenvalue weighted by Gasteiger charge is -2.27. The summed E-state index contributed by atoms with van der Waals surface area (Å²) in [4.78, 5) is 2.46. The van der Waals surface area contributed by atoms with Crippen LogP contribution in [0.5, 0.6) is 0 Å². The third kappa shape index (κ3) is 4.75. The predicted octanol–water partition coefficient (Wildman–Crippen LogP) is 15.5. The van der Waals surface area contributed by atoms with Gasteiger partial charge >= 0.3 is 0 Å². The highest BCUT2D eigenvalue weighted by atomic mass is 32.1. The maximum absolute atomic E-state index is 2.49. The second kappa shape index (κ2) is 12.2. The van der Waals surface area contributed by atoms with Crippen LogP contribution in [0.3, 0.4) is 0 Å². The molecule has 0 bridgehead atoms. The Kier molecular flexibility index (Phi) is 6.97. The summed E-state index contributed by atoms with van der Waals surface area (Å²) < 4.78 is 5.26. The van der Waals surface area contributed by atoms with Crippen LogP contribution in [-0.4, -0.2) is 0 Å². The molecule has 0 atom stereocenters. The highest BCUT2D eigenvalue weighted by molar-refractivity contribution is 7.27. The van der Waals surface area contributed by atoms with Crippen LogP contribution in [-0.2, 0) is 0 Å². The topological polar surface area (TPSA) is 3.24 Å². The van der Waals surface area contributed by atoms with Gasteiger partial charge in [0.15, 0.2) is 0 Å². The minimum Gasteiger partial charge on any atom is -0.309 e. The second-order valence-electron chi connectivity index (χ2n) is 13.6. The van der Waals surface area contributed by atoms with E-state index in [0.717, 1.165) is 5.69 Å². The molecule has 0 saturated heterocycles. The fourth-order valence-corrected chi connectivity index (χ4v) is 10.8. The molecule has 0 aliphatic heterocycles. The molecule has 0 saturated carbocycles. The van der Waals surface area contributed by atoms with Crippen LogP contribution >= 0.6 is 22.7 Å². The smallest absolute Gasteiger partial charge is 0.0555 e. The summed E-state index contributed by atoms with van der Waals surface area (Å²) in [6.45, 7) is 0. The molecule has 11 aromatic rings. The van der Waals surface area contributed by atoms with Crippen molar-refractivity contribution < 1.29 is 0 Å². The molecule has 3 heteroatoms.